The van der Waals surface area contributed by atoms with Crippen LogP contribution in [-0.2, 0) is 4.79 Å². The van der Waals surface area contributed by atoms with Crippen molar-refractivity contribution in [3.05, 3.63) is 0 Å². The van der Waals surface area contributed by atoms with E-state index in [0.29, 0.717) is 18.1 Å². The lowest BCUT2D eigenvalue weighted by atomic mass is 9.86. The van der Waals surface area contributed by atoms with E-state index in [1.54, 1.807) is 0 Å². The summed E-state index contributed by atoms with van der Waals surface area (Å²) in [6, 6.07) is 1.58. The van der Waals surface area contributed by atoms with Crippen LogP contribution in [0.15, 0.2) is 0 Å². The Labute approximate surface area is 130 Å². The Bertz CT molecular complexity index is 305. The minimum atomic E-state index is -0.679. The van der Waals surface area contributed by atoms with Crippen molar-refractivity contribution >= 4 is 5.97 Å². The summed E-state index contributed by atoms with van der Waals surface area (Å²) in [7, 11) is 0. The van der Waals surface area contributed by atoms with Crippen LogP contribution in [0.3, 0.4) is 0 Å². The van der Waals surface area contributed by atoms with Gasteiger partial charge < -0.3 is 5.11 Å². The number of likely N-dealkylation sites (N-methyl/N-ethyl adjacent to an activating group) is 2. The maximum atomic E-state index is 10.8. The molecule has 0 amide bonds. The third kappa shape index (κ3) is 5.26. The molecule has 1 fully saturated rings. The first-order chi connectivity index (χ1) is 10.0. The van der Waals surface area contributed by atoms with Crippen LogP contribution in [0.5, 0.6) is 0 Å². The summed E-state index contributed by atoms with van der Waals surface area (Å²) in [4.78, 5) is 16.0. The van der Waals surface area contributed by atoms with E-state index in [0.717, 1.165) is 26.1 Å². The number of aliphatic carboxylic acids is 1. The summed E-state index contributed by atoms with van der Waals surface area (Å²) in [6.45, 7) is 12.1. The van der Waals surface area contributed by atoms with Gasteiger partial charge in [-0.05, 0) is 45.8 Å². The number of rotatable bonds is 9. The van der Waals surface area contributed by atoms with E-state index in [-0.39, 0.29) is 6.42 Å². The second-order valence-electron chi connectivity index (χ2n) is 6.25. The van der Waals surface area contributed by atoms with E-state index in [1.807, 2.05) is 0 Å². The predicted molar refractivity (Wildman–Crippen MR) is 87.7 cm³/mol. The maximum Gasteiger partial charge on any atom is 0.303 e. The first-order valence-electron chi connectivity index (χ1n) is 8.76. The molecule has 1 rings (SSSR count). The Morgan fingerprint density at radius 3 is 2.14 bits per heavy atom. The first kappa shape index (κ1) is 18.4. The van der Waals surface area contributed by atoms with E-state index in [9.17, 15) is 4.79 Å². The molecule has 4 heteroatoms. The predicted octanol–water partition coefficient (Wildman–Crippen LogP) is 3.21. The summed E-state index contributed by atoms with van der Waals surface area (Å²) < 4.78 is 0. The molecule has 1 aliphatic carbocycles. The van der Waals surface area contributed by atoms with Crippen LogP contribution < -0.4 is 0 Å². The fourth-order valence-corrected chi connectivity index (χ4v) is 3.97. The number of carbonyl (C=O) groups is 1. The second kappa shape index (κ2) is 9.42. The quantitative estimate of drug-likeness (QED) is 0.710. The number of carboxylic acid groups (broad SMARTS) is 1. The van der Waals surface area contributed by atoms with Crippen LogP contribution >= 0.6 is 0 Å². The van der Waals surface area contributed by atoms with Gasteiger partial charge in [-0.2, -0.15) is 0 Å². The van der Waals surface area contributed by atoms with Gasteiger partial charge in [0.15, 0.2) is 0 Å². The van der Waals surface area contributed by atoms with E-state index < -0.39 is 5.97 Å². The molecule has 0 bridgehead atoms. The minimum Gasteiger partial charge on any atom is -0.481 e. The van der Waals surface area contributed by atoms with E-state index >= 15 is 0 Å². The highest BCUT2D eigenvalue weighted by Crippen LogP contribution is 2.29. The lowest BCUT2D eigenvalue weighted by Gasteiger charge is -2.46. The van der Waals surface area contributed by atoms with Gasteiger partial charge in [-0.25, -0.2) is 0 Å². The zero-order valence-corrected chi connectivity index (χ0v) is 14.3. The zero-order valence-electron chi connectivity index (χ0n) is 14.3. The Hall–Kier alpha value is -0.610. The molecule has 0 aliphatic heterocycles. The van der Waals surface area contributed by atoms with Crippen molar-refractivity contribution in [1.82, 2.24) is 9.80 Å². The molecule has 21 heavy (non-hydrogen) atoms. The van der Waals surface area contributed by atoms with Crippen molar-refractivity contribution in [3.8, 4) is 0 Å². The summed E-state index contributed by atoms with van der Waals surface area (Å²) in [5, 5.41) is 8.92. The number of hydrogen-bond donors (Lipinski definition) is 1. The van der Waals surface area contributed by atoms with Crippen molar-refractivity contribution in [2.24, 2.45) is 0 Å². The van der Waals surface area contributed by atoms with Gasteiger partial charge in [0, 0.05) is 24.5 Å². The molecule has 4 nitrogen and oxygen atoms in total. The molecule has 3 atom stereocenters. The molecule has 1 aliphatic rings. The largest absolute Gasteiger partial charge is 0.481 e. The monoisotopic (exact) mass is 298 g/mol. The molecule has 0 aromatic heterocycles. The van der Waals surface area contributed by atoms with Crippen LogP contribution in [0.2, 0.25) is 0 Å². The van der Waals surface area contributed by atoms with Crippen molar-refractivity contribution in [1.29, 1.82) is 0 Å². The molecule has 0 heterocycles. The van der Waals surface area contributed by atoms with Gasteiger partial charge in [0.25, 0.3) is 0 Å². The first-order valence-corrected chi connectivity index (χ1v) is 8.76. The van der Waals surface area contributed by atoms with Crippen molar-refractivity contribution < 1.29 is 9.90 Å². The van der Waals surface area contributed by atoms with Gasteiger partial charge in [0.05, 0.1) is 0 Å². The Balaban J connectivity index is 2.76. The van der Waals surface area contributed by atoms with Gasteiger partial charge >= 0.3 is 5.97 Å². The molecule has 124 valence electrons. The molecular weight excluding hydrogens is 264 g/mol. The highest BCUT2D eigenvalue weighted by molar-refractivity contribution is 5.66. The van der Waals surface area contributed by atoms with E-state index in [1.165, 1.54) is 25.7 Å². The molecule has 0 aromatic carbocycles. The van der Waals surface area contributed by atoms with E-state index in [4.69, 9.17) is 5.11 Å². The Morgan fingerprint density at radius 2 is 1.67 bits per heavy atom. The fraction of sp³-hybridized carbons (Fsp3) is 0.941. The molecule has 1 unspecified atom stereocenters. The Kier molecular flexibility index (Phi) is 8.27. The zero-order chi connectivity index (χ0) is 15.8. The second-order valence-corrected chi connectivity index (χ2v) is 6.25. The number of nitrogens with zero attached hydrogens (tertiary/aromatic N) is 2. The van der Waals surface area contributed by atoms with E-state index in [2.05, 4.69) is 37.5 Å². The van der Waals surface area contributed by atoms with Gasteiger partial charge in [-0.3, -0.25) is 14.6 Å². The van der Waals surface area contributed by atoms with Crippen LogP contribution in [0.4, 0.5) is 0 Å². The van der Waals surface area contributed by atoms with Gasteiger partial charge in [-0.15, -0.1) is 0 Å². The normalized spacial score (nSPS) is 24.5. The van der Waals surface area contributed by atoms with Crippen LogP contribution in [-0.4, -0.2) is 58.6 Å². The fourth-order valence-electron chi connectivity index (χ4n) is 3.97. The smallest absolute Gasteiger partial charge is 0.303 e. The Morgan fingerprint density at radius 1 is 1.10 bits per heavy atom. The molecule has 1 N–H and O–H groups in total. The third-order valence-electron chi connectivity index (χ3n) is 5.11. The average Bonchev–Trinajstić information content (AvgIpc) is 2.48. The van der Waals surface area contributed by atoms with Gasteiger partial charge in [0.2, 0.25) is 0 Å². The molecule has 1 saturated carbocycles. The number of carboxylic acids is 1. The molecule has 0 spiro atoms. The average molecular weight is 298 g/mol. The SMILES string of the molecule is CCN(CC)[C@H]1CCCCC1N(CC)[C@@H](C)CCC(=O)O. The van der Waals surface area contributed by atoms with Crippen LogP contribution in [0.1, 0.15) is 66.2 Å². The van der Waals surface area contributed by atoms with Crippen molar-refractivity contribution in [2.45, 2.75) is 84.3 Å². The topological polar surface area (TPSA) is 43.8 Å². The third-order valence-corrected chi connectivity index (χ3v) is 5.11. The van der Waals surface area contributed by atoms with Gasteiger partial charge in [-0.1, -0.05) is 33.6 Å². The summed E-state index contributed by atoms with van der Waals surface area (Å²) in [5.74, 6) is -0.679. The molecule has 0 aromatic rings. The van der Waals surface area contributed by atoms with Crippen molar-refractivity contribution in [3.63, 3.8) is 0 Å². The highest BCUT2D eigenvalue weighted by atomic mass is 16.4. The summed E-state index contributed by atoms with van der Waals surface area (Å²) in [5.41, 5.74) is 0. The molecule has 0 radical (unpaired) electrons. The van der Waals surface area contributed by atoms with Crippen LogP contribution in [0, 0.1) is 0 Å². The molecule has 0 saturated heterocycles. The summed E-state index contributed by atoms with van der Waals surface area (Å²) in [6.07, 6.45) is 6.22. The molecular formula is C17H34N2O2. The van der Waals surface area contributed by atoms with Crippen molar-refractivity contribution in [2.75, 3.05) is 19.6 Å². The summed E-state index contributed by atoms with van der Waals surface area (Å²) >= 11 is 0. The standard InChI is InChI=1S/C17H34N2O2/c1-5-18(6-2)15-10-8-9-11-16(15)19(7-3)14(4)12-13-17(20)21/h14-16H,5-13H2,1-4H3,(H,20,21)/t14-,15-,16?/m0/s1. The van der Waals surface area contributed by atoms with Gasteiger partial charge in [0.1, 0.15) is 0 Å². The lowest BCUT2D eigenvalue weighted by Crippen LogP contribution is -2.55. The lowest BCUT2D eigenvalue weighted by molar-refractivity contribution is -0.137. The van der Waals surface area contributed by atoms with Crippen LogP contribution in [0.25, 0.3) is 0 Å². The number of hydrogen-bond acceptors (Lipinski definition) is 3. The minimum absolute atomic E-state index is 0.278. The maximum absolute atomic E-state index is 10.8. The highest BCUT2D eigenvalue weighted by Gasteiger charge is 2.34.